The third-order valence-electron chi connectivity index (χ3n) is 3.79. The molecule has 2 aromatic carbocycles. The summed E-state index contributed by atoms with van der Waals surface area (Å²) in [6, 6.07) is 16.3. The molecule has 134 valence electrons. The first-order valence-corrected chi connectivity index (χ1v) is 9.04. The van der Waals surface area contributed by atoms with Crippen molar-refractivity contribution in [3.8, 4) is 0 Å². The quantitative estimate of drug-likeness (QED) is 0.673. The van der Waals surface area contributed by atoms with Gasteiger partial charge >= 0.3 is 0 Å². The number of halogens is 1. The largest absolute Gasteiger partial charge is 0.367 e. The number of thiazole rings is 1. The van der Waals surface area contributed by atoms with E-state index >= 15 is 0 Å². The molecule has 0 fully saturated rings. The number of anilines is 1. The van der Waals surface area contributed by atoms with Gasteiger partial charge in [0.1, 0.15) is 12.4 Å². The second-order valence-corrected chi connectivity index (χ2v) is 6.91. The number of nitrogens with one attached hydrogen (secondary N) is 1. The highest BCUT2D eigenvalue weighted by Crippen LogP contribution is 2.26. The maximum Gasteiger partial charge on any atom is 0.252 e. The van der Waals surface area contributed by atoms with Crippen LogP contribution in [-0.4, -0.2) is 17.5 Å². The molecule has 3 rings (SSSR count). The van der Waals surface area contributed by atoms with Crippen molar-refractivity contribution in [2.75, 3.05) is 11.9 Å². The van der Waals surface area contributed by atoms with E-state index in [4.69, 9.17) is 4.74 Å². The Bertz CT molecular complexity index is 881. The van der Waals surface area contributed by atoms with Crippen molar-refractivity contribution >= 4 is 22.4 Å². The predicted octanol–water partition coefficient (Wildman–Crippen LogP) is 4.34. The van der Waals surface area contributed by atoms with E-state index in [-0.39, 0.29) is 18.3 Å². The van der Waals surface area contributed by atoms with E-state index in [1.807, 2.05) is 43.3 Å². The molecule has 0 bridgehead atoms. The van der Waals surface area contributed by atoms with Gasteiger partial charge in [0, 0.05) is 11.3 Å². The highest BCUT2D eigenvalue weighted by atomic mass is 32.1. The lowest BCUT2D eigenvalue weighted by atomic mass is 10.1. The molecule has 1 heterocycles. The summed E-state index contributed by atoms with van der Waals surface area (Å²) >= 11 is 1.36. The van der Waals surface area contributed by atoms with Crippen molar-refractivity contribution in [2.24, 2.45) is 0 Å². The second-order valence-electron chi connectivity index (χ2n) is 5.82. The van der Waals surface area contributed by atoms with Crippen molar-refractivity contribution in [3.05, 3.63) is 82.1 Å². The summed E-state index contributed by atoms with van der Waals surface area (Å²) in [6.07, 6.45) is 0.455. The van der Waals surface area contributed by atoms with Crippen LogP contribution in [-0.2, 0) is 22.6 Å². The SMILES string of the molecule is Cc1nc(NC(=O)COCc2ccccc2)sc1Cc1ccccc1F. The molecule has 1 aromatic heterocycles. The Morgan fingerprint density at radius 3 is 2.65 bits per heavy atom. The number of hydrogen-bond acceptors (Lipinski definition) is 4. The van der Waals surface area contributed by atoms with Crippen molar-refractivity contribution in [2.45, 2.75) is 20.0 Å². The minimum absolute atomic E-state index is 0.0455. The minimum Gasteiger partial charge on any atom is -0.367 e. The van der Waals surface area contributed by atoms with E-state index in [9.17, 15) is 9.18 Å². The Labute approximate surface area is 155 Å². The summed E-state index contributed by atoms with van der Waals surface area (Å²) in [5, 5.41) is 3.24. The van der Waals surface area contributed by atoms with Crippen LogP contribution in [0.3, 0.4) is 0 Å². The number of hydrogen-bond donors (Lipinski definition) is 1. The van der Waals surface area contributed by atoms with Gasteiger partial charge in [0.05, 0.1) is 12.3 Å². The zero-order valence-corrected chi connectivity index (χ0v) is 15.2. The molecule has 0 atom stereocenters. The minimum atomic E-state index is -0.257. The monoisotopic (exact) mass is 370 g/mol. The molecule has 0 aliphatic rings. The fraction of sp³-hybridized carbons (Fsp3) is 0.200. The van der Waals surface area contributed by atoms with Gasteiger partial charge < -0.3 is 4.74 Å². The molecule has 0 saturated carbocycles. The van der Waals surface area contributed by atoms with E-state index < -0.39 is 0 Å². The maximum atomic E-state index is 13.8. The second kappa shape index (κ2) is 8.69. The number of aryl methyl sites for hydroxylation is 1. The third-order valence-corrected chi connectivity index (χ3v) is 4.87. The smallest absolute Gasteiger partial charge is 0.252 e. The van der Waals surface area contributed by atoms with Crippen LogP contribution in [0.25, 0.3) is 0 Å². The van der Waals surface area contributed by atoms with E-state index in [1.165, 1.54) is 17.4 Å². The normalized spacial score (nSPS) is 10.7. The van der Waals surface area contributed by atoms with Crippen molar-refractivity contribution < 1.29 is 13.9 Å². The molecule has 26 heavy (non-hydrogen) atoms. The first-order chi connectivity index (χ1) is 12.6. The Morgan fingerprint density at radius 2 is 1.88 bits per heavy atom. The molecule has 0 saturated heterocycles. The zero-order chi connectivity index (χ0) is 18.4. The Morgan fingerprint density at radius 1 is 1.15 bits per heavy atom. The lowest BCUT2D eigenvalue weighted by Crippen LogP contribution is -2.18. The molecule has 0 radical (unpaired) electrons. The lowest BCUT2D eigenvalue weighted by Gasteiger charge is -2.04. The third kappa shape index (κ3) is 4.97. The topological polar surface area (TPSA) is 51.2 Å². The zero-order valence-electron chi connectivity index (χ0n) is 14.4. The first-order valence-electron chi connectivity index (χ1n) is 8.23. The highest BCUT2D eigenvalue weighted by molar-refractivity contribution is 7.15. The number of benzene rings is 2. The molecule has 0 unspecified atom stereocenters. The van der Waals surface area contributed by atoms with Gasteiger partial charge in [-0.15, -0.1) is 11.3 Å². The number of carbonyl (C=O) groups is 1. The molecule has 0 aliphatic heterocycles. The van der Waals surface area contributed by atoms with Crippen LogP contribution < -0.4 is 5.32 Å². The van der Waals surface area contributed by atoms with E-state index in [2.05, 4.69) is 10.3 Å². The number of ether oxygens (including phenoxy) is 1. The summed E-state index contributed by atoms with van der Waals surface area (Å²) in [6.45, 7) is 2.19. The van der Waals surface area contributed by atoms with E-state index in [0.29, 0.717) is 23.7 Å². The molecule has 3 aromatic rings. The summed E-state index contributed by atoms with van der Waals surface area (Å²) < 4.78 is 19.2. The highest BCUT2D eigenvalue weighted by Gasteiger charge is 2.12. The summed E-state index contributed by atoms with van der Waals surface area (Å²) in [5.74, 6) is -0.493. The van der Waals surface area contributed by atoms with Crippen LogP contribution in [0, 0.1) is 12.7 Å². The van der Waals surface area contributed by atoms with Gasteiger partial charge in [0.15, 0.2) is 5.13 Å². The van der Waals surface area contributed by atoms with Crippen molar-refractivity contribution in [3.63, 3.8) is 0 Å². The summed E-state index contributed by atoms with van der Waals surface area (Å²) in [4.78, 5) is 17.3. The van der Waals surface area contributed by atoms with Crippen molar-refractivity contribution in [1.29, 1.82) is 0 Å². The summed E-state index contributed by atoms with van der Waals surface area (Å²) in [7, 11) is 0. The Kier molecular flexibility index (Phi) is 6.09. The molecule has 1 amide bonds. The van der Waals surface area contributed by atoms with E-state index in [0.717, 1.165) is 16.1 Å². The number of rotatable bonds is 7. The maximum absolute atomic E-state index is 13.8. The summed E-state index contributed by atoms with van der Waals surface area (Å²) in [5.41, 5.74) is 2.42. The fourth-order valence-corrected chi connectivity index (χ4v) is 3.45. The van der Waals surface area contributed by atoms with Gasteiger partial charge in [-0.05, 0) is 24.1 Å². The standard InChI is InChI=1S/C20H19FN2O2S/c1-14-18(11-16-9-5-6-10-17(16)21)26-20(22-14)23-19(24)13-25-12-15-7-3-2-4-8-15/h2-10H,11-13H2,1H3,(H,22,23,24). The molecule has 0 spiro atoms. The Hall–Kier alpha value is -2.57. The fourth-order valence-electron chi connectivity index (χ4n) is 2.45. The number of aromatic nitrogens is 1. The molecule has 0 aliphatic carbocycles. The average Bonchev–Trinajstić information content (AvgIpc) is 2.97. The van der Waals surface area contributed by atoms with Gasteiger partial charge in [-0.3, -0.25) is 10.1 Å². The predicted molar refractivity (Wildman–Crippen MR) is 101 cm³/mol. The molecular weight excluding hydrogens is 351 g/mol. The van der Waals surface area contributed by atoms with Crippen molar-refractivity contribution in [1.82, 2.24) is 4.98 Å². The van der Waals surface area contributed by atoms with Gasteiger partial charge in [-0.2, -0.15) is 0 Å². The van der Waals surface area contributed by atoms with E-state index in [1.54, 1.807) is 12.1 Å². The van der Waals surface area contributed by atoms with Crippen LogP contribution in [0.4, 0.5) is 9.52 Å². The Balaban J connectivity index is 1.53. The van der Waals surface area contributed by atoms with Crippen LogP contribution in [0.2, 0.25) is 0 Å². The lowest BCUT2D eigenvalue weighted by molar-refractivity contribution is -0.121. The van der Waals surface area contributed by atoms with Gasteiger partial charge in [0.25, 0.3) is 5.91 Å². The molecule has 6 heteroatoms. The van der Waals surface area contributed by atoms with Crippen LogP contribution in [0.1, 0.15) is 21.7 Å². The first kappa shape index (κ1) is 18.2. The number of amides is 1. The average molecular weight is 370 g/mol. The van der Waals surface area contributed by atoms with Gasteiger partial charge in [-0.1, -0.05) is 48.5 Å². The van der Waals surface area contributed by atoms with Gasteiger partial charge in [0.2, 0.25) is 0 Å². The molecular formula is C20H19FN2O2S. The van der Waals surface area contributed by atoms with Crippen LogP contribution in [0.15, 0.2) is 54.6 Å². The molecule has 4 nitrogen and oxygen atoms in total. The van der Waals surface area contributed by atoms with Gasteiger partial charge in [-0.25, -0.2) is 9.37 Å². The molecule has 1 N–H and O–H groups in total. The van der Waals surface area contributed by atoms with Crippen LogP contribution in [0.5, 0.6) is 0 Å². The number of nitrogens with zero attached hydrogens (tertiary/aromatic N) is 1. The van der Waals surface area contributed by atoms with Crippen LogP contribution >= 0.6 is 11.3 Å². The number of carbonyl (C=O) groups excluding carboxylic acids is 1.